The van der Waals surface area contributed by atoms with Crippen molar-refractivity contribution in [3.63, 3.8) is 0 Å². The first kappa shape index (κ1) is 20.8. The van der Waals surface area contributed by atoms with E-state index in [2.05, 4.69) is 16.7 Å². The van der Waals surface area contributed by atoms with Crippen LogP contribution in [0.25, 0.3) is 4.85 Å². The van der Waals surface area contributed by atoms with E-state index in [1.165, 1.54) is 0 Å². The Hall–Kier alpha value is -2.94. The van der Waals surface area contributed by atoms with E-state index in [1.807, 2.05) is 45.8 Å². The summed E-state index contributed by atoms with van der Waals surface area (Å²) in [7, 11) is 3.87. The van der Waals surface area contributed by atoms with Gasteiger partial charge in [0.25, 0.3) is 0 Å². The average Bonchev–Trinajstić information content (AvgIpc) is 2.65. The van der Waals surface area contributed by atoms with Crippen LogP contribution in [0.2, 0.25) is 0 Å². The molecule has 29 heavy (non-hydrogen) atoms. The van der Waals surface area contributed by atoms with Crippen molar-refractivity contribution >= 4 is 11.6 Å². The molecule has 0 N–H and O–H groups in total. The summed E-state index contributed by atoms with van der Waals surface area (Å²) in [6.45, 7) is 13.8. The van der Waals surface area contributed by atoms with Crippen molar-refractivity contribution in [2.75, 3.05) is 20.6 Å². The van der Waals surface area contributed by atoms with Crippen LogP contribution < -0.4 is 0 Å². The first-order valence-electron chi connectivity index (χ1n) is 9.71. The molecule has 0 unspecified atom stereocenters. The van der Waals surface area contributed by atoms with Gasteiger partial charge >= 0.3 is 0 Å². The first-order chi connectivity index (χ1) is 13.5. The topological polar surface area (TPSA) is 65.5 Å². The normalized spacial score (nSPS) is 32.4. The van der Waals surface area contributed by atoms with Crippen LogP contribution in [0.4, 0.5) is 0 Å². The Balaban J connectivity index is 2.26. The molecule has 1 fully saturated rings. The van der Waals surface area contributed by atoms with Crippen molar-refractivity contribution in [3.05, 3.63) is 46.5 Å². The highest BCUT2D eigenvalue weighted by molar-refractivity contribution is 6.09. The van der Waals surface area contributed by atoms with Gasteiger partial charge in [-0.05, 0) is 50.6 Å². The van der Waals surface area contributed by atoms with Gasteiger partial charge in [-0.2, -0.15) is 5.26 Å². The molecule has 148 valence electrons. The highest BCUT2D eigenvalue weighted by atomic mass is 16.1. The third-order valence-corrected chi connectivity index (χ3v) is 6.62. The molecule has 3 aliphatic rings. The number of allylic oxidation sites excluding steroid dienone is 6. The van der Waals surface area contributed by atoms with E-state index in [4.69, 9.17) is 6.57 Å². The molecule has 0 aliphatic heterocycles. The molecule has 0 aromatic heterocycles. The summed E-state index contributed by atoms with van der Waals surface area (Å²) < 4.78 is 0. The number of hydrogen-bond donors (Lipinski definition) is 0. The van der Waals surface area contributed by atoms with Crippen molar-refractivity contribution in [1.29, 1.82) is 5.26 Å². The van der Waals surface area contributed by atoms with E-state index in [0.29, 0.717) is 19.4 Å². The molecule has 3 aliphatic carbocycles. The fourth-order valence-corrected chi connectivity index (χ4v) is 5.25. The predicted octanol–water partition coefficient (Wildman–Crippen LogP) is 3.33. The van der Waals surface area contributed by atoms with Crippen LogP contribution in [0.1, 0.15) is 33.6 Å². The summed E-state index contributed by atoms with van der Waals surface area (Å²) in [6, 6.07) is 2.01. The van der Waals surface area contributed by atoms with E-state index in [-0.39, 0.29) is 28.8 Å². The van der Waals surface area contributed by atoms with Crippen LogP contribution in [0, 0.1) is 51.9 Å². The molecule has 5 heteroatoms. The van der Waals surface area contributed by atoms with Gasteiger partial charge < -0.3 is 4.79 Å². The maximum Gasteiger partial charge on any atom is 0.226 e. The molecule has 3 atom stereocenters. The average molecular weight is 387 g/mol. The standard InChI is InChI=1S/C24H25N3O2/c1-22(2)19-8-10-24(9-7-11-27(5)6)13-16(15-25)18(28)12-20(24)23(19,3)14-17(26-4)21(22)29/h12-14,19H,8,10-11H2,1-3,5-6H3/t19-,23-,24-/m0/s1. The van der Waals surface area contributed by atoms with Gasteiger partial charge in [0.15, 0.2) is 11.6 Å². The zero-order chi connectivity index (χ0) is 21.6. The van der Waals surface area contributed by atoms with Crippen molar-refractivity contribution in [2.24, 2.45) is 22.2 Å². The highest BCUT2D eigenvalue weighted by Crippen LogP contribution is 2.63. The van der Waals surface area contributed by atoms with Crippen LogP contribution in [0.3, 0.4) is 0 Å². The van der Waals surface area contributed by atoms with Gasteiger partial charge in [0.05, 0.1) is 24.1 Å². The predicted molar refractivity (Wildman–Crippen MR) is 110 cm³/mol. The Morgan fingerprint density at radius 3 is 2.55 bits per heavy atom. The molecule has 0 heterocycles. The van der Waals surface area contributed by atoms with Gasteiger partial charge in [0.1, 0.15) is 6.07 Å². The number of nitriles is 1. The van der Waals surface area contributed by atoms with E-state index < -0.39 is 16.2 Å². The summed E-state index contributed by atoms with van der Waals surface area (Å²) in [5, 5.41) is 9.45. The number of rotatable bonds is 1. The molecule has 0 saturated heterocycles. The van der Waals surface area contributed by atoms with Gasteiger partial charge in [-0.1, -0.05) is 38.7 Å². The molecule has 0 spiro atoms. The number of fused-ring (bicyclic) bond motifs is 3. The Morgan fingerprint density at radius 1 is 1.28 bits per heavy atom. The summed E-state index contributed by atoms with van der Waals surface area (Å²) in [5.41, 5.74) is -1.08. The SMILES string of the molecule is [C-]#[N+]C1=C[C@]2(C)C3=CC(=O)C(C#N)=C[C@]3(C#CCN(C)C)CC[C@H]2C(C)(C)C1=O. The van der Waals surface area contributed by atoms with Crippen molar-refractivity contribution in [1.82, 2.24) is 4.90 Å². The van der Waals surface area contributed by atoms with E-state index in [1.54, 1.807) is 18.2 Å². The largest absolute Gasteiger partial charge is 0.307 e. The first-order valence-corrected chi connectivity index (χ1v) is 9.71. The Kier molecular flexibility index (Phi) is 4.90. The highest BCUT2D eigenvalue weighted by Gasteiger charge is 2.59. The van der Waals surface area contributed by atoms with E-state index >= 15 is 0 Å². The summed E-state index contributed by atoms with van der Waals surface area (Å²) in [6.07, 6.45) is 6.34. The third kappa shape index (κ3) is 3.05. The molecule has 0 bridgehead atoms. The molecule has 0 radical (unpaired) electrons. The molecule has 3 rings (SSSR count). The van der Waals surface area contributed by atoms with Gasteiger partial charge in [-0.15, -0.1) is 0 Å². The minimum atomic E-state index is -0.736. The second-order valence-electron chi connectivity index (χ2n) is 9.17. The van der Waals surface area contributed by atoms with Crippen LogP contribution >= 0.6 is 0 Å². The number of nitrogens with zero attached hydrogens (tertiary/aromatic N) is 3. The van der Waals surface area contributed by atoms with Crippen molar-refractivity contribution < 1.29 is 9.59 Å². The third-order valence-electron chi connectivity index (χ3n) is 6.62. The molecule has 1 saturated carbocycles. The lowest BCUT2D eigenvalue weighted by molar-refractivity contribution is -0.130. The van der Waals surface area contributed by atoms with Gasteiger partial charge in [-0.25, -0.2) is 4.85 Å². The lowest BCUT2D eigenvalue weighted by Crippen LogP contribution is -2.53. The Labute approximate surface area is 172 Å². The summed E-state index contributed by atoms with van der Waals surface area (Å²) >= 11 is 0. The maximum atomic E-state index is 12.9. The lowest BCUT2D eigenvalue weighted by atomic mass is 9.46. The van der Waals surface area contributed by atoms with E-state index in [0.717, 1.165) is 5.57 Å². The van der Waals surface area contributed by atoms with Crippen LogP contribution in [-0.4, -0.2) is 37.1 Å². The van der Waals surface area contributed by atoms with E-state index in [9.17, 15) is 14.9 Å². The van der Waals surface area contributed by atoms with Crippen LogP contribution in [-0.2, 0) is 9.59 Å². The molecule has 5 nitrogen and oxygen atoms in total. The second kappa shape index (κ2) is 6.84. The second-order valence-corrected chi connectivity index (χ2v) is 9.17. The number of carbonyl (C=O) groups excluding carboxylic acids is 2. The number of hydrogen-bond acceptors (Lipinski definition) is 4. The minimum Gasteiger partial charge on any atom is -0.307 e. The number of ketones is 2. The smallest absolute Gasteiger partial charge is 0.226 e. The van der Waals surface area contributed by atoms with Crippen molar-refractivity contribution in [3.8, 4) is 17.9 Å². The summed E-state index contributed by atoms with van der Waals surface area (Å²) in [5.74, 6) is 6.02. The van der Waals surface area contributed by atoms with Gasteiger partial charge in [-0.3, -0.25) is 9.69 Å². The van der Waals surface area contributed by atoms with Crippen molar-refractivity contribution in [2.45, 2.75) is 33.6 Å². The Morgan fingerprint density at radius 2 is 1.97 bits per heavy atom. The number of Topliss-reactive ketones (excluding diaryl/α,β-unsaturated/α-hetero) is 1. The molecule has 0 amide bonds. The maximum absolute atomic E-state index is 12.9. The van der Waals surface area contributed by atoms with Crippen LogP contribution in [0.15, 0.2) is 35.1 Å². The number of carbonyl (C=O) groups is 2. The monoisotopic (exact) mass is 387 g/mol. The zero-order valence-electron chi connectivity index (χ0n) is 17.6. The Bertz CT molecular complexity index is 1030. The molecular formula is C24H25N3O2. The molecular weight excluding hydrogens is 362 g/mol. The lowest BCUT2D eigenvalue weighted by Gasteiger charge is -2.56. The quantitative estimate of drug-likeness (QED) is 0.511. The molecule has 0 aromatic rings. The fourth-order valence-electron chi connectivity index (χ4n) is 5.25. The van der Waals surface area contributed by atoms with Crippen LogP contribution in [0.5, 0.6) is 0 Å². The minimum absolute atomic E-state index is 0.0483. The van der Waals surface area contributed by atoms with Gasteiger partial charge in [0.2, 0.25) is 5.70 Å². The summed E-state index contributed by atoms with van der Waals surface area (Å²) in [4.78, 5) is 31.0. The fraction of sp³-hybridized carbons (Fsp3) is 0.500. The molecule has 0 aromatic carbocycles. The zero-order valence-corrected chi connectivity index (χ0v) is 17.6. The van der Waals surface area contributed by atoms with Gasteiger partial charge in [0, 0.05) is 10.8 Å².